The second kappa shape index (κ2) is 28.2. The highest BCUT2D eigenvalue weighted by molar-refractivity contribution is 8.76. The number of Topliss-reactive ketones (excluding diaryl/α,β-unsaturated/α-hetero) is 1. The second-order valence-electron chi connectivity index (χ2n) is 19.8. The van der Waals surface area contributed by atoms with Crippen molar-refractivity contribution >= 4 is 98.7 Å². The first-order valence-electron chi connectivity index (χ1n) is 24.7. The predicted molar refractivity (Wildman–Crippen MR) is 274 cm³/mol. The van der Waals surface area contributed by atoms with E-state index in [1.165, 1.54) is 0 Å². The molecule has 0 aromatic carbocycles. The van der Waals surface area contributed by atoms with Crippen LogP contribution in [-0.2, 0) is 67.0 Å². The zero-order valence-electron chi connectivity index (χ0n) is 43.3. The van der Waals surface area contributed by atoms with Crippen LogP contribution in [0.3, 0.4) is 0 Å². The molecular weight excluding hydrogens is 1070 g/mol. The number of hydrogen-bond donors (Lipinski definition) is 12. The lowest BCUT2D eigenvalue weighted by Crippen LogP contribution is -2.61. The Labute approximate surface area is 455 Å². The van der Waals surface area contributed by atoms with E-state index in [0.29, 0.717) is 12.8 Å². The van der Waals surface area contributed by atoms with Crippen LogP contribution in [-0.4, -0.2) is 183 Å². The lowest BCUT2D eigenvalue weighted by Gasteiger charge is -2.58. The highest BCUT2D eigenvalue weighted by Crippen LogP contribution is 2.66. The van der Waals surface area contributed by atoms with Gasteiger partial charge in [0.1, 0.15) is 42.4 Å². The number of allylic oxidation sites excluding steroid dienone is 4. The molecule has 30 heteroatoms. The molecule has 0 bridgehead atoms. The molecule has 0 radical (unpaired) electrons. The number of methoxy groups -OCH3 is 1. The number of nitrogens with zero attached hydrogens (tertiary/aromatic N) is 1. The van der Waals surface area contributed by atoms with Gasteiger partial charge in [-0.3, -0.25) is 52.9 Å². The van der Waals surface area contributed by atoms with E-state index < -0.39 is 144 Å². The van der Waals surface area contributed by atoms with Crippen LogP contribution in [0.5, 0.6) is 0 Å². The van der Waals surface area contributed by atoms with Gasteiger partial charge in [0.25, 0.3) is 0 Å². The number of rotatable bonds is 29. The molecule has 14 N–H and O–H groups in total. The number of hydrogen-bond acceptors (Lipinski definition) is 20. The summed E-state index contributed by atoms with van der Waals surface area (Å²) in [6.07, 6.45) is 1.60. The molecule has 12 atom stereocenters. The summed E-state index contributed by atoms with van der Waals surface area (Å²) in [5, 5.41) is 63.2. The number of carboxylic acid groups (broad SMARTS) is 3. The fraction of sp³-hybridized carbons (Fsp3) is 0.646. The van der Waals surface area contributed by atoms with Crippen LogP contribution < -0.4 is 38.1 Å². The number of fused-ring (bicyclic) bond motifs is 5. The number of ketones is 2. The first-order chi connectivity index (χ1) is 36.6. The third-order valence-corrected chi connectivity index (χ3v) is 17.0. The van der Waals surface area contributed by atoms with Crippen molar-refractivity contribution in [3.63, 3.8) is 0 Å². The molecule has 28 nitrogen and oxygen atoms in total. The number of aliphatic hydroxyl groups excluding tert-OH is 1. The van der Waals surface area contributed by atoms with Gasteiger partial charge < -0.3 is 77.8 Å². The van der Waals surface area contributed by atoms with E-state index in [4.69, 9.17) is 20.9 Å². The first kappa shape index (κ1) is 63.7. The van der Waals surface area contributed by atoms with Crippen molar-refractivity contribution in [2.45, 2.75) is 127 Å². The van der Waals surface area contributed by atoms with Crippen LogP contribution in [0.25, 0.3) is 0 Å². The van der Waals surface area contributed by atoms with E-state index in [-0.39, 0.29) is 86.3 Å². The molecule has 78 heavy (non-hydrogen) atoms. The van der Waals surface area contributed by atoms with Crippen molar-refractivity contribution in [1.82, 2.24) is 26.6 Å². The van der Waals surface area contributed by atoms with E-state index in [2.05, 4.69) is 36.3 Å². The number of ether oxygens (including phenoxy) is 3. The van der Waals surface area contributed by atoms with Crippen molar-refractivity contribution in [2.75, 3.05) is 38.4 Å². The Balaban J connectivity index is 1.30. The van der Waals surface area contributed by atoms with Crippen LogP contribution in [0.4, 0.5) is 4.79 Å². The summed E-state index contributed by atoms with van der Waals surface area (Å²) in [7, 11) is 2.83. The van der Waals surface area contributed by atoms with Crippen LogP contribution >= 0.6 is 21.6 Å². The van der Waals surface area contributed by atoms with Gasteiger partial charge in [0, 0.05) is 48.1 Å². The number of nitrogens with two attached hydrogens (primary N) is 2. The van der Waals surface area contributed by atoms with Crippen molar-refractivity contribution in [3.05, 3.63) is 23.8 Å². The maximum atomic E-state index is 13.6. The molecule has 5 amide bonds. The van der Waals surface area contributed by atoms with Gasteiger partial charge in [0.15, 0.2) is 18.3 Å². The van der Waals surface area contributed by atoms with Gasteiger partial charge in [-0.25, -0.2) is 9.59 Å². The number of carbonyl (C=O) groups excluding carboxylic acids is 9. The zero-order chi connectivity index (χ0) is 58.3. The minimum absolute atomic E-state index is 0.00747. The van der Waals surface area contributed by atoms with Gasteiger partial charge in [-0.15, -0.1) is 0 Å². The summed E-state index contributed by atoms with van der Waals surface area (Å²) in [6, 6.07) is -8.95. The van der Waals surface area contributed by atoms with Crippen molar-refractivity contribution in [2.24, 2.45) is 45.0 Å². The topological polar surface area (TPSA) is 458 Å². The Morgan fingerprint density at radius 1 is 0.821 bits per heavy atom. The molecule has 432 valence electrons. The molecule has 0 heterocycles. The number of aliphatic imine (C=N–C) groups is 1. The number of esters is 1. The third-order valence-electron chi connectivity index (χ3n) is 14.6. The molecule has 2 saturated carbocycles. The van der Waals surface area contributed by atoms with Crippen molar-refractivity contribution in [1.29, 1.82) is 0 Å². The van der Waals surface area contributed by atoms with Gasteiger partial charge in [-0.1, -0.05) is 53.2 Å². The Morgan fingerprint density at radius 3 is 1.97 bits per heavy atom. The molecule has 2 fully saturated rings. The summed E-state index contributed by atoms with van der Waals surface area (Å²) in [5.74, 6) is -13.4. The minimum atomic E-state index is -2.03. The second-order valence-corrected chi connectivity index (χ2v) is 22.4. The molecule has 0 saturated heterocycles. The number of aliphatic hydroxyl groups is 2. The SMILES string of the molecule is COC(=O)CC(NC(=O)C(CC(=O)O)NC(=O)C(CCCN=C(N)N)NC(=O)C(CC(=O)O)NC(C)=O)C(=O)NC(CSSCCOC(=O)OCC(=O)C1(O)CCC2C3CC=C4CC(=O)C=CC4(C)C3C(O)CC21C)C(=O)O. The largest absolute Gasteiger partial charge is 0.508 e. The van der Waals surface area contributed by atoms with Gasteiger partial charge in [-0.2, -0.15) is 0 Å². The summed E-state index contributed by atoms with van der Waals surface area (Å²) < 4.78 is 14.8. The summed E-state index contributed by atoms with van der Waals surface area (Å²) in [4.78, 5) is 156. The number of carboxylic acids is 3. The lowest BCUT2D eigenvalue weighted by atomic mass is 9.47. The standard InChI is InChI=1S/C48H68N8O20S2/c1-23(57)52-29(17-35(61)62)40(67)53-28(6-5-13-51-44(49)50)39(66)54-30(18-36(63)64)41(68)55-31(19-37(65)74-4)42(69)56-32(43(70)71)22-78-77-15-14-75-45(72)76-21-34(60)48(73)12-10-27-26-8-7-24-16-25(58)9-11-46(24,2)38(26)33(59)20-47(27,48)3/h7,9,11,26-33,38,59,73H,5-6,8,10,12-22H2,1-4H3,(H,52,57)(H,53,67)(H,54,66)(H,55,68)(H,56,69)(H,61,62)(H,63,64)(H,70,71)(H4,49,50,51). The van der Waals surface area contributed by atoms with E-state index in [1.807, 2.05) is 19.1 Å². The number of aliphatic carboxylic acids is 3. The molecule has 0 aliphatic heterocycles. The molecule has 0 aromatic rings. The molecular formula is C48H68N8O20S2. The summed E-state index contributed by atoms with van der Waals surface area (Å²) >= 11 is 0. The smallest absolute Gasteiger partial charge is 0.481 e. The van der Waals surface area contributed by atoms with Crippen LogP contribution in [0.1, 0.15) is 85.0 Å². The van der Waals surface area contributed by atoms with Crippen molar-refractivity contribution < 1.29 is 97.3 Å². The quantitative estimate of drug-likeness (QED) is 0.00981. The van der Waals surface area contributed by atoms with Gasteiger partial charge >= 0.3 is 30.0 Å². The number of nitrogens with one attached hydrogen (secondary N) is 5. The maximum Gasteiger partial charge on any atom is 0.508 e. The number of amides is 5. The number of carbonyl (C=O) groups is 12. The minimum Gasteiger partial charge on any atom is -0.481 e. The average Bonchev–Trinajstić information content (AvgIpc) is 3.63. The Hall–Kier alpha value is -6.79. The average molecular weight is 1140 g/mol. The van der Waals surface area contributed by atoms with Crippen molar-refractivity contribution in [3.8, 4) is 0 Å². The fourth-order valence-corrected chi connectivity index (χ4v) is 12.8. The lowest BCUT2D eigenvalue weighted by molar-refractivity contribution is -0.177. The fourth-order valence-electron chi connectivity index (χ4n) is 10.8. The third kappa shape index (κ3) is 16.6. The van der Waals surface area contributed by atoms with Gasteiger partial charge in [0.2, 0.25) is 35.3 Å². The number of guanidine groups is 1. The highest BCUT2D eigenvalue weighted by Gasteiger charge is 2.68. The van der Waals surface area contributed by atoms with Gasteiger partial charge in [0.05, 0.1) is 32.5 Å². The van der Waals surface area contributed by atoms with E-state index >= 15 is 0 Å². The normalized spacial score (nSPS) is 25.7. The molecule has 4 aliphatic rings. The molecule has 0 aromatic heterocycles. The van der Waals surface area contributed by atoms with Crippen LogP contribution in [0, 0.1) is 28.6 Å². The van der Waals surface area contributed by atoms with E-state index in [0.717, 1.165) is 41.2 Å². The summed E-state index contributed by atoms with van der Waals surface area (Å²) in [5.41, 5.74) is 8.13. The van der Waals surface area contributed by atoms with Crippen LogP contribution in [0.2, 0.25) is 0 Å². The Bertz CT molecular complexity index is 2420. The summed E-state index contributed by atoms with van der Waals surface area (Å²) in [6.45, 7) is 3.58. The zero-order valence-corrected chi connectivity index (χ0v) is 44.9. The predicted octanol–water partition coefficient (Wildman–Crippen LogP) is -1.81. The van der Waals surface area contributed by atoms with E-state index in [1.54, 1.807) is 13.0 Å². The van der Waals surface area contributed by atoms with Gasteiger partial charge in [-0.05, 0) is 56.4 Å². The molecule has 0 spiro atoms. The molecule has 4 rings (SSSR count). The first-order valence-corrected chi connectivity index (χ1v) is 27.2. The monoisotopic (exact) mass is 1140 g/mol. The maximum absolute atomic E-state index is 13.6. The Morgan fingerprint density at radius 2 is 1.40 bits per heavy atom. The molecule has 4 aliphatic carbocycles. The highest BCUT2D eigenvalue weighted by atomic mass is 33.1. The van der Waals surface area contributed by atoms with Crippen LogP contribution in [0.15, 0.2) is 28.8 Å². The molecule has 12 unspecified atom stereocenters. The Kier molecular flexibility index (Phi) is 23.0. The van der Waals surface area contributed by atoms with E-state index in [9.17, 15) is 83.1 Å².